The summed E-state index contributed by atoms with van der Waals surface area (Å²) in [7, 11) is 0. The van der Waals surface area contributed by atoms with Gasteiger partial charge in [0.2, 0.25) is 11.6 Å². The van der Waals surface area contributed by atoms with Gasteiger partial charge in [0, 0.05) is 18.8 Å². The van der Waals surface area contributed by atoms with Crippen LogP contribution in [0, 0.1) is 16.0 Å². The molecule has 0 aliphatic carbocycles. The number of hydrogen-bond donors (Lipinski definition) is 1. The highest BCUT2D eigenvalue weighted by Crippen LogP contribution is 2.36. The molecule has 1 fully saturated rings. The summed E-state index contributed by atoms with van der Waals surface area (Å²) >= 11 is 0. The number of nitro groups is 1. The molecule has 1 aliphatic heterocycles. The van der Waals surface area contributed by atoms with Crippen LogP contribution in [0.1, 0.15) is 25.3 Å². The van der Waals surface area contributed by atoms with E-state index < -0.39 is 4.92 Å². The van der Waals surface area contributed by atoms with Gasteiger partial charge in [0.1, 0.15) is 12.1 Å². The van der Waals surface area contributed by atoms with Crippen LogP contribution in [-0.4, -0.2) is 34.6 Å². The molecule has 0 radical (unpaired) electrons. The summed E-state index contributed by atoms with van der Waals surface area (Å²) in [5, 5.41) is 15.0. The maximum atomic E-state index is 12.0. The van der Waals surface area contributed by atoms with Crippen LogP contribution in [0.2, 0.25) is 0 Å². The number of nitrogens with zero attached hydrogens (tertiary/aromatic N) is 4. The van der Waals surface area contributed by atoms with Crippen LogP contribution in [0.5, 0.6) is 5.75 Å². The molecule has 0 atom stereocenters. The lowest BCUT2D eigenvalue weighted by Crippen LogP contribution is -2.35. The molecule has 8 nitrogen and oxygen atoms in total. The van der Waals surface area contributed by atoms with E-state index in [0.717, 1.165) is 38.1 Å². The van der Waals surface area contributed by atoms with Crippen molar-refractivity contribution in [3.63, 3.8) is 0 Å². The third-order valence-corrected chi connectivity index (χ3v) is 5.69. The second kappa shape index (κ2) is 10.1. The first-order valence-electron chi connectivity index (χ1n) is 10.9. The average molecular weight is 434 g/mol. The van der Waals surface area contributed by atoms with Crippen molar-refractivity contribution in [1.82, 2.24) is 9.97 Å². The van der Waals surface area contributed by atoms with Gasteiger partial charge in [-0.3, -0.25) is 10.1 Å². The predicted molar refractivity (Wildman–Crippen MR) is 125 cm³/mol. The topological polar surface area (TPSA) is 93.4 Å². The van der Waals surface area contributed by atoms with Crippen LogP contribution in [0.15, 0.2) is 60.9 Å². The molecule has 8 heteroatoms. The monoisotopic (exact) mass is 433 g/mol. The molecule has 4 rings (SSSR count). The van der Waals surface area contributed by atoms with Gasteiger partial charge >= 0.3 is 5.69 Å². The number of anilines is 3. The fourth-order valence-corrected chi connectivity index (χ4v) is 4.09. The second-order valence-electron chi connectivity index (χ2n) is 7.85. The predicted octanol–water partition coefficient (Wildman–Crippen LogP) is 4.99. The molecule has 2 aromatic carbocycles. The standard InChI is InChI=1S/C24H27N5O3/c1-2-32-21-10-8-20(9-11-21)27-23-22(29(30)31)24(26-17-25-23)28-14-12-19(13-15-28)16-18-6-4-3-5-7-18/h3-11,17,19H,2,12-16H2,1H3,(H,25,26,27). The van der Waals surface area contributed by atoms with Gasteiger partial charge < -0.3 is 15.0 Å². The number of rotatable bonds is 8. The normalized spacial score (nSPS) is 14.2. The summed E-state index contributed by atoms with van der Waals surface area (Å²) < 4.78 is 5.45. The summed E-state index contributed by atoms with van der Waals surface area (Å²) in [5.41, 5.74) is 1.94. The maximum absolute atomic E-state index is 12.0. The number of hydrogen-bond acceptors (Lipinski definition) is 7. The van der Waals surface area contributed by atoms with Gasteiger partial charge in [-0.2, -0.15) is 0 Å². The molecule has 0 amide bonds. The largest absolute Gasteiger partial charge is 0.494 e. The minimum atomic E-state index is -0.401. The van der Waals surface area contributed by atoms with Crippen molar-refractivity contribution in [3.05, 3.63) is 76.6 Å². The number of aromatic nitrogens is 2. The first-order valence-corrected chi connectivity index (χ1v) is 10.9. The molecular formula is C24H27N5O3. The molecular weight excluding hydrogens is 406 g/mol. The lowest BCUT2D eigenvalue weighted by Gasteiger charge is -2.32. The first-order chi connectivity index (χ1) is 15.6. The van der Waals surface area contributed by atoms with Crippen molar-refractivity contribution in [3.8, 4) is 5.75 Å². The Hall–Kier alpha value is -3.68. The Bertz CT molecular complexity index is 1040. The Labute approximate surface area is 187 Å². The molecule has 166 valence electrons. The zero-order valence-corrected chi connectivity index (χ0v) is 18.1. The van der Waals surface area contributed by atoms with Crippen LogP contribution in [-0.2, 0) is 6.42 Å². The molecule has 1 N–H and O–H groups in total. The minimum absolute atomic E-state index is 0.0945. The van der Waals surface area contributed by atoms with Gasteiger partial charge in [0.05, 0.1) is 11.5 Å². The summed E-state index contributed by atoms with van der Waals surface area (Å²) in [4.78, 5) is 22.0. The van der Waals surface area contributed by atoms with Crippen molar-refractivity contribution < 1.29 is 9.66 Å². The van der Waals surface area contributed by atoms with Crippen LogP contribution in [0.25, 0.3) is 0 Å². The zero-order valence-electron chi connectivity index (χ0n) is 18.1. The van der Waals surface area contributed by atoms with E-state index in [2.05, 4.69) is 39.6 Å². The van der Waals surface area contributed by atoms with E-state index in [1.54, 1.807) is 0 Å². The average Bonchev–Trinajstić information content (AvgIpc) is 2.81. The summed E-state index contributed by atoms with van der Waals surface area (Å²) in [6, 6.07) is 17.7. The lowest BCUT2D eigenvalue weighted by molar-refractivity contribution is -0.383. The van der Waals surface area contributed by atoms with Crippen molar-refractivity contribution in [2.75, 3.05) is 29.9 Å². The highest BCUT2D eigenvalue weighted by atomic mass is 16.6. The van der Waals surface area contributed by atoms with E-state index in [4.69, 9.17) is 4.74 Å². The van der Waals surface area contributed by atoms with Gasteiger partial charge in [-0.05, 0) is 61.9 Å². The Morgan fingerprint density at radius 1 is 1.09 bits per heavy atom. The van der Waals surface area contributed by atoms with E-state index in [-0.39, 0.29) is 11.5 Å². The van der Waals surface area contributed by atoms with E-state index in [9.17, 15) is 10.1 Å². The smallest absolute Gasteiger partial charge is 0.353 e. The molecule has 32 heavy (non-hydrogen) atoms. The number of ether oxygens (including phenoxy) is 1. The number of piperidine rings is 1. The van der Waals surface area contributed by atoms with Crippen LogP contribution < -0.4 is 15.0 Å². The fraction of sp³-hybridized carbons (Fsp3) is 0.333. The van der Waals surface area contributed by atoms with E-state index >= 15 is 0 Å². The van der Waals surface area contributed by atoms with E-state index in [0.29, 0.717) is 24.0 Å². The summed E-state index contributed by atoms with van der Waals surface area (Å²) in [6.07, 6.45) is 4.36. The van der Waals surface area contributed by atoms with E-state index in [1.807, 2.05) is 42.2 Å². The number of nitrogens with one attached hydrogen (secondary N) is 1. The molecule has 0 unspecified atom stereocenters. The van der Waals surface area contributed by atoms with Gasteiger partial charge in [0.25, 0.3) is 0 Å². The molecule has 1 saturated heterocycles. The molecule has 2 heterocycles. The quantitative estimate of drug-likeness (QED) is 0.395. The van der Waals surface area contributed by atoms with Gasteiger partial charge in [-0.15, -0.1) is 0 Å². The van der Waals surface area contributed by atoms with Crippen molar-refractivity contribution in [2.45, 2.75) is 26.2 Å². The Morgan fingerprint density at radius 2 is 1.81 bits per heavy atom. The van der Waals surface area contributed by atoms with E-state index in [1.165, 1.54) is 11.9 Å². The van der Waals surface area contributed by atoms with Crippen molar-refractivity contribution >= 4 is 23.0 Å². The summed E-state index contributed by atoms with van der Waals surface area (Å²) in [6.45, 7) is 3.97. The summed E-state index contributed by atoms with van der Waals surface area (Å²) in [5.74, 6) is 1.87. The number of benzene rings is 2. The van der Waals surface area contributed by atoms with Crippen molar-refractivity contribution in [2.24, 2.45) is 5.92 Å². The maximum Gasteiger partial charge on any atom is 0.353 e. The fourth-order valence-electron chi connectivity index (χ4n) is 4.09. The van der Waals surface area contributed by atoms with Crippen LogP contribution in [0.3, 0.4) is 0 Å². The molecule has 1 aliphatic rings. The van der Waals surface area contributed by atoms with Gasteiger partial charge in [-0.1, -0.05) is 30.3 Å². The Balaban J connectivity index is 1.48. The SMILES string of the molecule is CCOc1ccc(Nc2ncnc(N3CCC(Cc4ccccc4)CC3)c2[N+](=O)[O-])cc1. The third-order valence-electron chi connectivity index (χ3n) is 5.69. The van der Waals surface area contributed by atoms with Gasteiger partial charge in [0.15, 0.2) is 0 Å². The zero-order chi connectivity index (χ0) is 22.3. The highest BCUT2D eigenvalue weighted by Gasteiger charge is 2.30. The first kappa shape index (κ1) is 21.5. The Morgan fingerprint density at radius 3 is 2.47 bits per heavy atom. The minimum Gasteiger partial charge on any atom is -0.494 e. The molecule has 0 saturated carbocycles. The highest BCUT2D eigenvalue weighted by molar-refractivity contribution is 5.74. The van der Waals surface area contributed by atoms with Crippen LogP contribution >= 0.6 is 0 Å². The molecule has 3 aromatic rings. The molecule has 1 aromatic heterocycles. The van der Waals surface area contributed by atoms with Gasteiger partial charge in [-0.25, -0.2) is 9.97 Å². The second-order valence-corrected chi connectivity index (χ2v) is 7.85. The molecule has 0 bridgehead atoms. The Kier molecular flexibility index (Phi) is 6.79. The van der Waals surface area contributed by atoms with Crippen LogP contribution in [0.4, 0.5) is 23.0 Å². The third kappa shape index (κ3) is 5.14. The van der Waals surface area contributed by atoms with Crippen molar-refractivity contribution in [1.29, 1.82) is 0 Å². The lowest BCUT2D eigenvalue weighted by atomic mass is 9.90. The molecule has 0 spiro atoms.